The van der Waals surface area contributed by atoms with E-state index in [9.17, 15) is 9.18 Å². The van der Waals surface area contributed by atoms with E-state index in [1.165, 1.54) is 6.07 Å². The first-order chi connectivity index (χ1) is 11.1. The number of carbonyl (C=O) groups is 1. The van der Waals surface area contributed by atoms with Gasteiger partial charge in [0.05, 0.1) is 6.04 Å². The average molecular weight is 377 g/mol. The van der Waals surface area contributed by atoms with Gasteiger partial charge in [-0.25, -0.2) is 4.39 Å². The Labute approximate surface area is 143 Å². The predicted molar refractivity (Wildman–Crippen MR) is 92.9 cm³/mol. The second-order valence-corrected chi connectivity index (χ2v) is 6.59. The highest BCUT2D eigenvalue weighted by molar-refractivity contribution is 9.10. The normalized spacial score (nSPS) is 18.1. The number of benzene rings is 2. The van der Waals surface area contributed by atoms with Crippen molar-refractivity contribution in [2.45, 2.75) is 13.0 Å². The van der Waals surface area contributed by atoms with Gasteiger partial charge in [-0.15, -0.1) is 0 Å². The minimum absolute atomic E-state index is 0.0280. The summed E-state index contributed by atoms with van der Waals surface area (Å²) in [4.78, 5) is 15.7. The Bertz CT molecular complexity index is 722. The van der Waals surface area contributed by atoms with E-state index in [0.717, 1.165) is 10.2 Å². The molecule has 1 heterocycles. The van der Waals surface area contributed by atoms with Crippen molar-refractivity contribution in [1.82, 2.24) is 4.90 Å². The monoisotopic (exact) mass is 376 g/mol. The van der Waals surface area contributed by atoms with Crippen LogP contribution in [0.15, 0.2) is 53.0 Å². The highest BCUT2D eigenvalue weighted by Gasteiger charge is 2.31. The van der Waals surface area contributed by atoms with Gasteiger partial charge in [0.2, 0.25) is 5.91 Å². The zero-order chi connectivity index (χ0) is 16.4. The third-order valence-corrected chi connectivity index (χ3v) is 4.72. The molecule has 0 N–H and O–H groups in total. The molecule has 1 aliphatic heterocycles. The van der Waals surface area contributed by atoms with Crippen LogP contribution in [0.4, 0.5) is 10.1 Å². The van der Waals surface area contributed by atoms with Crippen molar-refractivity contribution in [2.75, 3.05) is 24.5 Å². The summed E-state index contributed by atoms with van der Waals surface area (Å²) in [5.74, 6) is -0.205. The summed E-state index contributed by atoms with van der Waals surface area (Å²) in [5.41, 5.74) is 1.65. The molecule has 1 atom stereocenters. The van der Waals surface area contributed by atoms with Crippen molar-refractivity contribution < 1.29 is 9.18 Å². The molecule has 0 aromatic heterocycles. The zero-order valence-corrected chi connectivity index (χ0v) is 14.5. The van der Waals surface area contributed by atoms with Gasteiger partial charge in [0, 0.05) is 42.3 Å². The summed E-state index contributed by atoms with van der Waals surface area (Å²) in [6.07, 6.45) is 0. The summed E-state index contributed by atoms with van der Waals surface area (Å²) in [7, 11) is 0. The minimum Gasteiger partial charge on any atom is -0.361 e. The van der Waals surface area contributed by atoms with Crippen LogP contribution < -0.4 is 4.90 Å². The third kappa shape index (κ3) is 3.39. The molecule has 3 nitrogen and oxygen atoms in total. The molecule has 1 amide bonds. The van der Waals surface area contributed by atoms with Crippen LogP contribution in [-0.4, -0.2) is 30.4 Å². The lowest BCUT2D eigenvalue weighted by atomic mass is 10.0. The van der Waals surface area contributed by atoms with Crippen molar-refractivity contribution in [3.63, 3.8) is 0 Å². The zero-order valence-electron chi connectivity index (χ0n) is 12.9. The maximum absolute atomic E-state index is 14.3. The molecule has 1 aliphatic rings. The molecule has 0 aliphatic carbocycles. The average Bonchev–Trinajstić information content (AvgIpc) is 2.55. The van der Waals surface area contributed by atoms with Crippen LogP contribution in [0, 0.1) is 5.82 Å². The van der Waals surface area contributed by atoms with Gasteiger partial charge in [0.1, 0.15) is 5.82 Å². The van der Waals surface area contributed by atoms with Crippen molar-refractivity contribution in [2.24, 2.45) is 0 Å². The van der Waals surface area contributed by atoms with Crippen LogP contribution in [0.2, 0.25) is 0 Å². The molecular formula is C18H18BrFN2O. The summed E-state index contributed by atoms with van der Waals surface area (Å²) < 4.78 is 15.3. The number of halogens is 2. The Morgan fingerprint density at radius 1 is 1.17 bits per heavy atom. The molecule has 1 fully saturated rings. The molecule has 3 rings (SSSR count). The summed E-state index contributed by atoms with van der Waals surface area (Å²) in [6, 6.07) is 14.6. The van der Waals surface area contributed by atoms with Crippen LogP contribution in [0.1, 0.15) is 18.5 Å². The molecule has 2 aromatic rings. The van der Waals surface area contributed by atoms with Gasteiger partial charge in [-0.05, 0) is 24.3 Å². The quantitative estimate of drug-likeness (QED) is 0.790. The molecule has 120 valence electrons. The van der Waals surface area contributed by atoms with Crippen molar-refractivity contribution >= 4 is 27.5 Å². The van der Waals surface area contributed by atoms with E-state index in [-0.39, 0.29) is 17.8 Å². The fraction of sp³-hybridized carbons (Fsp3) is 0.278. The van der Waals surface area contributed by atoms with E-state index in [2.05, 4.69) is 20.8 Å². The van der Waals surface area contributed by atoms with Crippen LogP contribution in [0.5, 0.6) is 0 Å². The van der Waals surface area contributed by atoms with Crippen molar-refractivity contribution in [3.05, 3.63) is 64.4 Å². The van der Waals surface area contributed by atoms with Gasteiger partial charge in [0.25, 0.3) is 0 Å². The first-order valence-electron chi connectivity index (χ1n) is 7.58. The Balaban J connectivity index is 2.00. The Hall–Kier alpha value is -1.88. The number of carbonyl (C=O) groups excluding carboxylic acids is 1. The number of rotatable bonds is 2. The molecule has 1 unspecified atom stereocenters. The van der Waals surface area contributed by atoms with Gasteiger partial charge in [-0.1, -0.05) is 40.2 Å². The maximum atomic E-state index is 14.3. The first-order valence-corrected chi connectivity index (χ1v) is 8.37. The van der Waals surface area contributed by atoms with Crippen LogP contribution in [0.3, 0.4) is 0 Å². The van der Waals surface area contributed by atoms with Crippen molar-refractivity contribution in [1.29, 1.82) is 0 Å². The molecule has 0 radical (unpaired) electrons. The summed E-state index contributed by atoms with van der Waals surface area (Å²) >= 11 is 3.49. The summed E-state index contributed by atoms with van der Waals surface area (Å²) in [5, 5.41) is 0. The molecule has 0 spiro atoms. The fourth-order valence-electron chi connectivity index (χ4n) is 3.04. The molecule has 2 aromatic carbocycles. The number of piperazine rings is 1. The lowest BCUT2D eigenvalue weighted by molar-refractivity contribution is -0.129. The SMILES string of the molecule is CC(=O)N1CCN(c2cccc(Br)c2)C(c2ccccc2F)C1. The number of anilines is 1. The predicted octanol–water partition coefficient (Wildman–Crippen LogP) is 4.00. The Morgan fingerprint density at radius 2 is 1.96 bits per heavy atom. The standard InChI is InChI=1S/C18H18BrFN2O/c1-13(23)21-9-10-22(15-6-4-5-14(19)11-15)18(12-21)16-7-2-3-8-17(16)20/h2-8,11,18H,9-10,12H2,1H3. The molecule has 0 bridgehead atoms. The Morgan fingerprint density at radius 3 is 2.65 bits per heavy atom. The van der Waals surface area contributed by atoms with Crippen LogP contribution in [0.25, 0.3) is 0 Å². The second-order valence-electron chi connectivity index (χ2n) is 5.68. The second kappa shape index (κ2) is 6.71. The lowest BCUT2D eigenvalue weighted by Gasteiger charge is -2.43. The van der Waals surface area contributed by atoms with Gasteiger partial charge in [-0.3, -0.25) is 4.79 Å². The minimum atomic E-state index is -0.233. The highest BCUT2D eigenvalue weighted by atomic mass is 79.9. The van der Waals surface area contributed by atoms with E-state index in [1.54, 1.807) is 24.0 Å². The molecule has 5 heteroatoms. The molecular weight excluding hydrogens is 359 g/mol. The van der Waals surface area contributed by atoms with Gasteiger partial charge < -0.3 is 9.80 Å². The smallest absolute Gasteiger partial charge is 0.219 e. The molecule has 0 saturated carbocycles. The highest BCUT2D eigenvalue weighted by Crippen LogP contribution is 2.33. The topological polar surface area (TPSA) is 23.6 Å². The molecule has 1 saturated heterocycles. The summed E-state index contributed by atoms with van der Waals surface area (Å²) in [6.45, 7) is 3.37. The number of nitrogens with zero attached hydrogens (tertiary/aromatic N) is 2. The van der Waals surface area contributed by atoms with E-state index in [0.29, 0.717) is 25.2 Å². The van der Waals surface area contributed by atoms with Gasteiger partial charge >= 0.3 is 0 Å². The number of amides is 1. The van der Waals surface area contributed by atoms with E-state index in [1.807, 2.05) is 30.3 Å². The largest absolute Gasteiger partial charge is 0.361 e. The number of hydrogen-bond acceptors (Lipinski definition) is 2. The lowest BCUT2D eigenvalue weighted by Crippen LogP contribution is -2.50. The fourth-order valence-corrected chi connectivity index (χ4v) is 3.43. The van der Waals surface area contributed by atoms with Gasteiger partial charge in [-0.2, -0.15) is 0 Å². The van der Waals surface area contributed by atoms with Crippen LogP contribution >= 0.6 is 15.9 Å². The van der Waals surface area contributed by atoms with E-state index < -0.39 is 0 Å². The van der Waals surface area contributed by atoms with E-state index >= 15 is 0 Å². The Kier molecular flexibility index (Phi) is 4.66. The number of hydrogen-bond donors (Lipinski definition) is 0. The van der Waals surface area contributed by atoms with Crippen molar-refractivity contribution in [3.8, 4) is 0 Å². The van der Waals surface area contributed by atoms with Crippen LogP contribution in [-0.2, 0) is 4.79 Å². The van der Waals surface area contributed by atoms with Gasteiger partial charge in [0.15, 0.2) is 0 Å². The third-order valence-electron chi connectivity index (χ3n) is 4.23. The maximum Gasteiger partial charge on any atom is 0.219 e. The van der Waals surface area contributed by atoms with E-state index in [4.69, 9.17) is 0 Å². The molecule has 23 heavy (non-hydrogen) atoms. The first kappa shape index (κ1) is 16.0.